The van der Waals surface area contributed by atoms with E-state index in [1.54, 1.807) is 11.5 Å². The lowest BCUT2D eigenvalue weighted by Gasteiger charge is -2.03. The second-order valence-electron chi connectivity index (χ2n) is 3.28. The fourth-order valence-corrected chi connectivity index (χ4v) is 1.93. The molecule has 0 aliphatic heterocycles. The second kappa shape index (κ2) is 2.87. The Labute approximate surface area is 76.2 Å². The van der Waals surface area contributed by atoms with Gasteiger partial charge in [-0.15, -0.1) is 0 Å². The van der Waals surface area contributed by atoms with Crippen molar-refractivity contribution in [2.24, 2.45) is 0 Å². The zero-order chi connectivity index (χ0) is 8.55. The predicted octanol–water partition coefficient (Wildman–Crippen LogP) is 3.42. The van der Waals surface area contributed by atoms with Crippen LogP contribution in [0.2, 0.25) is 0 Å². The number of aromatic nitrogens is 1. The van der Waals surface area contributed by atoms with Crippen molar-refractivity contribution in [3.63, 3.8) is 0 Å². The molecule has 0 radical (unpaired) electrons. The molecule has 1 nitrogen and oxygen atoms in total. The van der Waals surface area contributed by atoms with Crippen molar-refractivity contribution < 1.29 is 0 Å². The summed E-state index contributed by atoms with van der Waals surface area (Å²) in [7, 11) is 0. The maximum atomic E-state index is 4.14. The van der Waals surface area contributed by atoms with E-state index in [1.807, 2.05) is 6.20 Å². The predicted molar refractivity (Wildman–Crippen MR) is 53.7 cm³/mol. The fraction of sp³-hybridized carbons (Fsp3) is 0.300. The van der Waals surface area contributed by atoms with E-state index in [-0.39, 0.29) is 0 Å². The van der Waals surface area contributed by atoms with Gasteiger partial charge in [0.25, 0.3) is 0 Å². The Morgan fingerprint density at radius 3 is 2.92 bits per heavy atom. The Morgan fingerprint density at radius 1 is 1.33 bits per heavy atom. The number of rotatable bonds is 1. The van der Waals surface area contributed by atoms with Gasteiger partial charge in [0.05, 0.1) is 4.70 Å². The van der Waals surface area contributed by atoms with Gasteiger partial charge in [-0.3, -0.25) is 0 Å². The molecule has 62 valence electrons. The van der Waals surface area contributed by atoms with Crippen LogP contribution in [0.3, 0.4) is 0 Å². The Morgan fingerprint density at radius 2 is 2.17 bits per heavy atom. The van der Waals surface area contributed by atoms with Gasteiger partial charge in [0.15, 0.2) is 0 Å². The molecule has 2 rings (SSSR count). The molecule has 0 fully saturated rings. The minimum atomic E-state index is 0.608. The van der Waals surface area contributed by atoms with Crippen molar-refractivity contribution in [1.82, 2.24) is 4.37 Å². The molecule has 0 aliphatic carbocycles. The van der Waals surface area contributed by atoms with Gasteiger partial charge in [-0.1, -0.05) is 26.0 Å². The van der Waals surface area contributed by atoms with E-state index in [4.69, 9.17) is 0 Å². The van der Waals surface area contributed by atoms with E-state index in [2.05, 4.69) is 36.4 Å². The molecule has 0 bridgehead atoms. The molecule has 2 aromatic rings. The number of benzene rings is 1. The first-order valence-corrected chi connectivity index (χ1v) is 4.89. The first-order valence-electron chi connectivity index (χ1n) is 4.11. The fourth-order valence-electron chi connectivity index (χ4n) is 1.24. The van der Waals surface area contributed by atoms with Crippen molar-refractivity contribution in [2.45, 2.75) is 19.8 Å². The first-order chi connectivity index (χ1) is 5.77. The summed E-state index contributed by atoms with van der Waals surface area (Å²) in [6.45, 7) is 4.42. The summed E-state index contributed by atoms with van der Waals surface area (Å²) in [5.74, 6) is 0.608. The van der Waals surface area contributed by atoms with Crippen LogP contribution in [0.4, 0.5) is 0 Å². The largest absolute Gasteiger partial charge is 0.200 e. The lowest BCUT2D eigenvalue weighted by atomic mass is 10.0. The summed E-state index contributed by atoms with van der Waals surface area (Å²) >= 11 is 1.57. The summed E-state index contributed by atoms with van der Waals surface area (Å²) < 4.78 is 5.44. The zero-order valence-electron chi connectivity index (χ0n) is 7.24. The molecule has 0 aliphatic rings. The van der Waals surface area contributed by atoms with Crippen LogP contribution in [-0.4, -0.2) is 4.37 Å². The average Bonchev–Trinajstić information content (AvgIpc) is 2.49. The molecule has 1 heterocycles. The topological polar surface area (TPSA) is 12.9 Å². The third-order valence-electron chi connectivity index (χ3n) is 2.05. The third kappa shape index (κ3) is 1.23. The van der Waals surface area contributed by atoms with E-state index in [9.17, 15) is 0 Å². The summed E-state index contributed by atoms with van der Waals surface area (Å²) in [6, 6.07) is 6.56. The van der Waals surface area contributed by atoms with Gasteiger partial charge in [0.1, 0.15) is 0 Å². The molecule has 12 heavy (non-hydrogen) atoms. The minimum absolute atomic E-state index is 0.608. The zero-order valence-corrected chi connectivity index (χ0v) is 8.06. The van der Waals surface area contributed by atoms with Crippen LogP contribution in [0.15, 0.2) is 24.4 Å². The lowest BCUT2D eigenvalue weighted by molar-refractivity contribution is 0.869. The first kappa shape index (κ1) is 7.74. The van der Waals surface area contributed by atoms with Crippen molar-refractivity contribution >= 4 is 21.6 Å². The Bertz CT molecular complexity index is 389. The van der Waals surface area contributed by atoms with Gasteiger partial charge in [0, 0.05) is 11.6 Å². The van der Waals surface area contributed by atoms with E-state index in [0.717, 1.165) is 0 Å². The van der Waals surface area contributed by atoms with Crippen LogP contribution < -0.4 is 0 Å². The monoisotopic (exact) mass is 177 g/mol. The molecular weight excluding hydrogens is 166 g/mol. The van der Waals surface area contributed by atoms with Crippen molar-refractivity contribution in [3.8, 4) is 0 Å². The highest BCUT2D eigenvalue weighted by Crippen LogP contribution is 2.23. The quantitative estimate of drug-likeness (QED) is 0.650. The highest BCUT2D eigenvalue weighted by molar-refractivity contribution is 7.13. The number of hydrogen-bond acceptors (Lipinski definition) is 2. The van der Waals surface area contributed by atoms with E-state index >= 15 is 0 Å². The number of nitrogens with zero attached hydrogens (tertiary/aromatic N) is 1. The molecule has 0 saturated carbocycles. The Balaban J connectivity index is 2.60. The molecule has 0 N–H and O–H groups in total. The van der Waals surface area contributed by atoms with Crippen LogP contribution in [0.25, 0.3) is 10.1 Å². The highest BCUT2D eigenvalue weighted by atomic mass is 32.1. The van der Waals surface area contributed by atoms with E-state index in [0.29, 0.717) is 5.92 Å². The molecule has 0 spiro atoms. The average molecular weight is 177 g/mol. The molecular formula is C10H11NS. The molecule has 0 saturated heterocycles. The van der Waals surface area contributed by atoms with Crippen LogP contribution in [-0.2, 0) is 0 Å². The van der Waals surface area contributed by atoms with Crippen LogP contribution in [0, 0.1) is 0 Å². The van der Waals surface area contributed by atoms with E-state index < -0.39 is 0 Å². The normalized spacial score (nSPS) is 11.2. The SMILES string of the molecule is CC(C)c1ccc2cnsc2c1. The second-order valence-corrected chi connectivity index (χ2v) is 4.11. The molecule has 1 aromatic heterocycles. The molecule has 1 aromatic carbocycles. The minimum Gasteiger partial charge on any atom is -0.200 e. The summed E-state index contributed by atoms with van der Waals surface area (Å²) in [4.78, 5) is 0. The lowest BCUT2D eigenvalue weighted by Crippen LogP contribution is -1.84. The standard InChI is InChI=1S/C10H11NS/c1-7(2)8-3-4-9-6-11-12-10(9)5-8/h3-7H,1-2H3. The molecule has 0 amide bonds. The Kier molecular flexibility index (Phi) is 1.85. The number of hydrogen-bond donors (Lipinski definition) is 0. The molecule has 0 atom stereocenters. The van der Waals surface area contributed by atoms with Gasteiger partial charge in [-0.05, 0) is 29.1 Å². The van der Waals surface area contributed by atoms with Crippen molar-refractivity contribution in [2.75, 3.05) is 0 Å². The van der Waals surface area contributed by atoms with E-state index in [1.165, 1.54) is 15.6 Å². The van der Waals surface area contributed by atoms with Crippen LogP contribution >= 0.6 is 11.5 Å². The summed E-state index contributed by atoms with van der Waals surface area (Å²) in [5, 5.41) is 1.25. The van der Waals surface area contributed by atoms with Crippen molar-refractivity contribution in [1.29, 1.82) is 0 Å². The van der Waals surface area contributed by atoms with Crippen LogP contribution in [0.5, 0.6) is 0 Å². The Hall–Kier alpha value is -0.890. The van der Waals surface area contributed by atoms with Gasteiger partial charge in [0.2, 0.25) is 0 Å². The van der Waals surface area contributed by atoms with Gasteiger partial charge in [-0.25, -0.2) is 0 Å². The summed E-state index contributed by atoms with van der Waals surface area (Å²) in [6.07, 6.45) is 1.92. The molecule has 2 heteroatoms. The third-order valence-corrected chi connectivity index (χ3v) is 2.81. The van der Waals surface area contributed by atoms with Crippen LogP contribution in [0.1, 0.15) is 25.3 Å². The maximum absolute atomic E-state index is 4.14. The summed E-state index contributed by atoms with van der Waals surface area (Å²) in [5.41, 5.74) is 1.40. The maximum Gasteiger partial charge on any atom is 0.0552 e. The van der Waals surface area contributed by atoms with Gasteiger partial charge in [-0.2, -0.15) is 4.37 Å². The molecule has 0 unspecified atom stereocenters. The van der Waals surface area contributed by atoms with Gasteiger partial charge < -0.3 is 0 Å². The van der Waals surface area contributed by atoms with Gasteiger partial charge >= 0.3 is 0 Å². The highest BCUT2D eigenvalue weighted by Gasteiger charge is 2.01. The smallest absolute Gasteiger partial charge is 0.0552 e. The number of fused-ring (bicyclic) bond motifs is 1. The van der Waals surface area contributed by atoms with Crippen molar-refractivity contribution in [3.05, 3.63) is 30.0 Å².